The Morgan fingerprint density at radius 2 is 2.30 bits per heavy atom. The Morgan fingerprint density at radius 3 is 3.00 bits per heavy atom. The number of thiazole rings is 1. The van der Waals surface area contributed by atoms with Gasteiger partial charge >= 0.3 is 0 Å². The first-order chi connectivity index (χ1) is 4.79. The summed E-state index contributed by atoms with van der Waals surface area (Å²) in [7, 11) is 0. The van der Waals surface area contributed by atoms with E-state index in [0.29, 0.717) is 11.6 Å². The molecule has 0 radical (unpaired) electrons. The van der Waals surface area contributed by atoms with Gasteiger partial charge < -0.3 is 11.5 Å². The molecule has 0 fully saturated rings. The van der Waals surface area contributed by atoms with Gasteiger partial charge in [0.15, 0.2) is 16.6 Å². The van der Waals surface area contributed by atoms with Crippen molar-refractivity contribution in [3.05, 3.63) is 11.6 Å². The van der Waals surface area contributed by atoms with Gasteiger partial charge in [0.25, 0.3) is 0 Å². The van der Waals surface area contributed by atoms with Crippen molar-refractivity contribution in [2.45, 2.75) is 0 Å². The molecule has 0 amide bonds. The Morgan fingerprint density at radius 1 is 1.50 bits per heavy atom. The molecule has 0 unspecified atom stereocenters. The number of rotatable bonds is 0. The summed E-state index contributed by atoms with van der Waals surface area (Å²) in [5.41, 5.74) is 11.0. The van der Waals surface area contributed by atoms with E-state index in [-0.39, 0.29) is 0 Å². The highest BCUT2D eigenvalue weighted by Gasteiger charge is 2.04. The van der Waals surface area contributed by atoms with Crippen molar-refractivity contribution in [2.75, 3.05) is 11.5 Å². The largest absolute Gasteiger partial charge is 0.382 e. The second-order valence-electron chi connectivity index (χ2n) is 1.94. The molecule has 4 nitrogen and oxygen atoms in total. The minimum atomic E-state index is 0.409. The van der Waals surface area contributed by atoms with Gasteiger partial charge in [0.05, 0.1) is 0 Å². The molecule has 0 atom stereocenters. The Labute approximate surface area is 61.1 Å². The van der Waals surface area contributed by atoms with Crippen LogP contribution in [0.1, 0.15) is 0 Å². The lowest BCUT2D eigenvalue weighted by Crippen LogP contribution is -1.94. The molecule has 0 spiro atoms. The summed E-state index contributed by atoms with van der Waals surface area (Å²) in [6.45, 7) is 0. The Bertz CT molecular complexity index is 360. The lowest BCUT2D eigenvalue weighted by Gasteiger charge is -1.86. The highest BCUT2D eigenvalue weighted by Crippen LogP contribution is 2.19. The monoisotopic (exact) mass is 154 g/mol. The molecule has 0 aromatic carbocycles. The Balaban J connectivity index is 2.95. The molecule has 0 saturated carbocycles. The van der Waals surface area contributed by atoms with E-state index in [1.54, 1.807) is 4.40 Å². The zero-order valence-electron chi connectivity index (χ0n) is 5.11. The number of anilines is 2. The van der Waals surface area contributed by atoms with Crippen LogP contribution in [0.25, 0.3) is 4.96 Å². The van der Waals surface area contributed by atoms with Crippen LogP contribution in [0.3, 0.4) is 0 Å². The molecule has 10 heavy (non-hydrogen) atoms. The first-order valence-electron chi connectivity index (χ1n) is 2.75. The fraction of sp³-hybridized carbons (Fsp3) is 0. The van der Waals surface area contributed by atoms with Crippen LogP contribution in [0.5, 0.6) is 0 Å². The predicted molar refractivity (Wildman–Crippen MR) is 41.9 cm³/mol. The van der Waals surface area contributed by atoms with Crippen molar-refractivity contribution in [3.63, 3.8) is 0 Å². The summed E-state index contributed by atoms with van der Waals surface area (Å²) in [5, 5.41) is 1.91. The van der Waals surface area contributed by atoms with Crippen LogP contribution in [-0.2, 0) is 0 Å². The molecule has 4 N–H and O–H groups in total. The van der Waals surface area contributed by atoms with Crippen molar-refractivity contribution in [3.8, 4) is 0 Å². The zero-order valence-corrected chi connectivity index (χ0v) is 5.93. The average Bonchev–Trinajstić information content (AvgIpc) is 2.41. The highest BCUT2D eigenvalue weighted by molar-refractivity contribution is 7.15. The van der Waals surface area contributed by atoms with Crippen LogP contribution in [-0.4, -0.2) is 9.38 Å². The van der Waals surface area contributed by atoms with Crippen LogP contribution < -0.4 is 11.5 Å². The molecule has 0 aliphatic heterocycles. The quantitative estimate of drug-likeness (QED) is 0.582. The van der Waals surface area contributed by atoms with Crippen molar-refractivity contribution in [1.29, 1.82) is 0 Å². The van der Waals surface area contributed by atoms with Gasteiger partial charge in [0.1, 0.15) is 0 Å². The second-order valence-corrected chi connectivity index (χ2v) is 2.81. The molecule has 5 heteroatoms. The maximum Gasteiger partial charge on any atom is 0.197 e. The number of hydrogen-bond donors (Lipinski definition) is 2. The number of aromatic nitrogens is 2. The molecule has 0 aliphatic carbocycles. The fourth-order valence-corrected chi connectivity index (χ4v) is 1.55. The van der Waals surface area contributed by atoms with Gasteiger partial charge in [-0.1, -0.05) is 0 Å². The van der Waals surface area contributed by atoms with Gasteiger partial charge in [-0.25, -0.2) is 0 Å². The summed E-state index contributed by atoms with van der Waals surface area (Å²) in [5.74, 6) is 0.933. The molecule has 2 heterocycles. The lowest BCUT2D eigenvalue weighted by atomic mass is 10.7. The Kier molecular flexibility index (Phi) is 0.906. The minimum Gasteiger partial charge on any atom is -0.382 e. The minimum absolute atomic E-state index is 0.409. The molecule has 2 rings (SSSR count). The van der Waals surface area contributed by atoms with E-state index >= 15 is 0 Å². The summed E-state index contributed by atoms with van der Waals surface area (Å²) in [6, 6.07) is 0. The van der Waals surface area contributed by atoms with E-state index in [1.807, 2.05) is 11.6 Å². The van der Waals surface area contributed by atoms with Crippen LogP contribution in [0.15, 0.2) is 11.6 Å². The number of imidazole rings is 1. The zero-order chi connectivity index (χ0) is 7.14. The standard InChI is InChI=1S/C5H6N4S/c6-3-4(7)9-1-2-10-5(9)8-3/h1-2H,6-7H2. The van der Waals surface area contributed by atoms with Gasteiger partial charge in [0.2, 0.25) is 0 Å². The normalized spacial score (nSPS) is 10.8. The lowest BCUT2D eigenvalue weighted by molar-refractivity contribution is 1.24. The SMILES string of the molecule is Nc1nc2sccn2c1N. The first kappa shape index (κ1) is 5.55. The second kappa shape index (κ2) is 1.63. The van der Waals surface area contributed by atoms with E-state index in [1.165, 1.54) is 11.3 Å². The van der Waals surface area contributed by atoms with Crippen LogP contribution in [0, 0.1) is 0 Å². The van der Waals surface area contributed by atoms with Crippen LogP contribution in [0.4, 0.5) is 11.6 Å². The predicted octanol–water partition coefficient (Wildman–Crippen LogP) is 0.560. The van der Waals surface area contributed by atoms with E-state index < -0.39 is 0 Å². The molecule has 0 aliphatic rings. The summed E-state index contributed by atoms with van der Waals surface area (Å²) >= 11 is 1.51. The number of nitrogens with zero attached hydrogens (tertiary/aromatic N) is 2. The van der Waals surface area contributed by atoms with Gasteiger partial charge in [-0.15, -0.1) is 11.3 Å². The average molecular weight is 154 g/mol. The van der Waals surface area contributed by atoms with Crippen molar-refractivity contribution < 1.29 is 0 Å². The molecule has 0 bridgehead atoms. The van der Waals surface area contributed by atoms with Crippen LogP contribution in [0.2, 0.25) is 0 Å². The van der Waals surface area contributed by atoms with E-state index in [9.17, 15) is 0 Å². The Hall–Kier alpha value is -1.23. The van der Waals surface area contributed by atoms with E-state index in [2.05, 4.69) is 4.98 Å². The number of nitrogens with two attached hydrogens (primary N) is 2. The third-order valence-corrected chi connectivity index (χ3v) is 2.08. The molecule has 2 aromatic rings. The summed E-state index contributed by atoms with van der Waals surface area (Å²) < 4.78 is 1.76. The maximum absolute atomic E-state index is 5.56. The van der Waals surface area contributed by atoms with E-state index in [4.69, 9.17) is 11.5 Å². The maximum atomic E-state index is 5.56. The first-order valence-corrected chi connectivity index (χ1v) is 3.63. The number of fused-ring (bicyclic) bond motifs is 1. The molecule has 52 valence electrons. The smallest absolute Gasteiger partial charge is 0.197 e. The highest BCUT2D eigenvalue weighted by atomic mass is 32.1. The third-order valence-electron chi connectivity index (χ3n) is 1.33. The van der Waals surface area contributed by atoms with E-state index in [0.717, 1.165) is 4.96 Å². The van der Waals surface area contributed by atoms with Gasteiger partial charge in [-0.2, -0.15) is 4.98 Å². The summed E-state index contributed by atoms with van der Waals surface area (Å²) in [6.07, 6.45) is 1.85. The number of hydrogen-bond acceptors (Lipinski definition) is 4. The third kappa shape index (κ3) is 0.522. The van der Waals surface area contributed by atoms with Gasteiger partial charge in [-0.3, -0.25) is 4.40 Å². The molecule has 0 saturated heterocycles. The summed E-state index contributed by atoms with van der Waals surface area (Å²) in [4.78, 5) is 4.85. The van der Waals surface area contributed by atoms with Gasteiger partial charge in [0, 0.05) is 11.6 Å². The van der Waals surface area contributed by atoms with Crippen molar-refractivity contribution in [2.24, 2.45) is 0 Å². The molecular weight excluding hydrogens is 148 g/mol. The molecular formula is C5H6N4S. The number of nitrogen functional groups attached to an aromatic ring is 2. The van der Waals surface area contributed by atoms with Crippen molar-refractivity contribution in [1.82, 2.24) is 9.38 Å². The van der Waals surface area contributed by atoms with Crippen molar-refractivity contribution >= 4 is 27.9 Å². The fourth-order valence-electron chi connectivity index (χ4n) is 0.820. The topological polar surface area (TPSA) is 69.3 Å². The molecule has 2 aromatic heterocycles. The van der Waals surface area contributed by atoms with Gasteiger partial charge in [-0.05, 0) is 0 Å². The van der Waals surface area contributed by atoms with Crippen LogP contribution >= 0.6 is 11.3 Å².